The molecule has 1 aromatic rings. The number of carboxylic acids is 1. The second-order valence-corrected chi connectivity index (χ2v) is 5.58. The number of carbonyl (C=O) groups is 1. The predicted octanol–water partition coefficient (Wildman–Crippen LogP) is 1.76. The molecule has 1 unspecified atom stereocenters. The molecule has 1 aliphatic heterocycles. The SMILES string of the molecule is O=C(O)C1(Cc2nc(C3CCOC3)no2)CCCC1. The highest BCUT2D eigenvalue weighted by atomic mass is 16.5. The minimum atomic E-state index is -0.742. The van der Waals surface area contributed by atoms with Crippen molar-refractivity contribution in [3.63, 3.8) is 0 Å². The summed E-state index contributed by atoms with van der Waals surface area (Å²) in [6.45, 7) is 1.36. The quantitative estimate of drug-likeness (QED) is 0.893. The van der Waals surface area contributed by atoms with E-state index in [9.17, 15) is 9.90 Å². The summed E-state index contributed by atoms with van der Waals surface area (Å²) in [6.07, 6.45) is 4.58. The number of rotatable bonds is 4. The molecule has 104 valence electrons. The maximum absolute atomic E-state index is 11.5. The fourth-order valence-electron chi connectivity index (χ4n) is 3.05. The molecule has 1 aromatic heterocycles. The third kappa shape index (κ3) is 2.36. The molecule has 1 saturated carbocycles. The Kier molecular flexibility index (Phi) is 3.26. The Hall–Kier alpha value is -1.43. The van der Waals surface area contributed by atoms with Crippen LogP contribution in [0.2, 0.25) is 0 Å². The number of ether oxygens (including phenoxy) is 1. The molecule has 1 aliphatic carbocycles. The standard InChI is InChI=1S/C13H18N2O4/c16-12(17)13(4-1-2-5-13)7-10-14-11(15-19-10)9-3-6-18-8-9/h9H,1-8H2,(H,16,17). The van der Waals surface area contributed by atoms with Crippen LogP contribution in [-0.4, -0.2) is 34.4 Å². The third-order valence-corrected chi connectivity index (χ3v) is 4.28. The minimum absolute atomic E-state index is 0.196. The summed E-state index contributed by atoms with van der Waals surface area (Å²) < 4.78 is 10.5. The molecule has 0 aromatic carbocycles. The number of hydrogen-bond acceptors (Lipinski definition) is 5. The zero-order chi connectivity index (χ0) is 13.3. The maximum atomic E-state index is 11.5. The largest absolute Gasteiger partial charge is 0.481 e. The molecule has 6 heteroatoms. The third-order valence-electron chi connectivity index (χ3n) is 4.28. The van der Waals surface area contributed by atoms with Gasteiger partial charge in [0.15, 0.2) is 5.82 Å². The van der Waals surface area contributed by atoms with Crippen molar-refractivity contribution in [1.29, 1.82) is 0 Å². The summed E-state index contributed by atoms with van der Waals surface area (Å²) in [5.41, 5.74) is -0.698. The van der Waals surface area contributed by atoms with E-state index in [1.807, 2.05) is 0 Å². The lowest BCUT2D eigenvalue weighted by molar-refractivity contribution is -0.148. The Labute approximate surface area is 111 Å². The normalized spacial score (nSPS) is 25.8. The smallest absolute Gasteiger partial charge is 0.310 e. The number of carboxylic acid groups (broad SMARTS) is 1. The zero-order valence-electron chi connectivity index (χ0n) is 10.8. The summed E-state index contributed by atoms with van der Waals surface area (Å²) in [6, 6.07) is 0. The van der Waals surface area contributed by atoms with Gasteiger partial charge in [0.25, 0.3) is 0 Å². The van der Waals surface area contributed by atoms with Crippen LogP contribution in [0.5, 0.6) is 0 Å². The van der Waals surface area contributed by atoms with Crippen molar-refractivity contribution in [3.8, 4) is 0 Å². The summed E-state index contributed by atoms with van der Waals surface area (Å²) in [5, 5.41) is 13.4. The topological polar surface area (TPSA) is 85.5 Å². The van der Waals surface area contributed by atoms with Gasteiger partial charge < -0.3 is 14.4 Å². The molecule has 2 heterocycles. The van der Waals surface area contributed by atoms with Gasteiger partial charge in [-0.15, -0.1) is 0 Å². The van der Waals surface area contributed by atoms with Crippen LogP contribution in [0, 0.1) is 5.41 Å². The molecule has 0 amide bonds. The fraction of sp³-hybridized carbons (Fsp3) is 0.769. The molecule has 0 spiro atoms. The number of aliphatic carboxylic acids is 1. The van der Waals surface area contributed by atoms with E-state index < -0.39 is 11.4 Å². The molecule has 1 atom stereocenters. The van der Waals surface area contributed by atoms with E-state index in [1.54, 1.807) is 0 Å². The van der Waals surface area contributed by atoms with Gasteiger partial charge in [0.05, 0.1) is 12.0 Å². The van der Waals surface area contributed by atoms with Crippen molar-refractivity contribution in [3.05, 3.63) is 11.7 Å². The van der Waals surface area contributed by atoms with E-state index in [0.29, 0.717) is 37.6 Å². The van der Waals surface area contributed by atoms with Gasteiger partial charge >= 0.3 is 5.97 Å². The van der Waals surface area contributed by atoms with E-state index in [2.05, 4.69) is 10.1 Å². The lowest BCUT2D eigenvalue weighted by Gasteiger charge is -2.21. The number of hydrogen-bond donors (Lipinski definition) is 1. The van der Waals surface area contributed by atoms with E-state index in [4.69, 9.17) is 9.26 Å². The highest BCUT2D eigenvalue weighted by Crippen LogP contribution is 2.41. The van der Waals surface area contributed by atoms with Crippen molar-refractivity contribution in [2.24, 2.45) is 5.41 Å². The fourth-order valence-corrected chi connectivity index (χ4v) is 3.05. The Morgan fingerprint density at radius 3 is 2.84 bits per heavy atom. The van der Waals surface area contributed by atoms with Crippen molar-refractivity contribution < 1.29 is 19.2 Å². The van der Waals surface area contributed by atoms with Gasteiger partial charge in [0.2, 0.25) is 5.89 Å². The first kappa shape index (κ1) is 12.6. The van der Waals surface area contributed by atoms with Gasteiger partial charge in [-0.05, 0) is 19.3 Å². The first-order valence-electron chi connectivity index (χ1n) is 6.83. The highest BCUT2D eigenvalue weighted by Gasteiger charge is 2.43. The van der Waals surface area contributed by atoms with Crippen LogP contribution in [0.25, 0.3) is 0 Å². The Bertz CT molecular complexity index is 459. The monoisotopic (exact) mass is 266 g/mol. The van der Waals surface area contributed by atoms with Crippen LogP contribution in [0.1, 0.15) is 49.7 Å². The predicted molar refractivity (Wildman–Crippen MR) is 64.7 cm³/mol. The zero-order valence-corrected chi connectivity index (χ0v) is 10.8. The molecule has 0 bridgehead atoms. The molecule has 0 radical (unpaired) electrons. The van der Waals surface area contributed by atoms with E-state index >= 15 is 0 Å². The number of nitrogens with zero attached hydrogens (tertiary/aromatic N) is 2. The average Bonchev–Trinajstić information content (AvgIpc) is 3.10. The lowest BCUT2D eigenvalue weighted by Crippen LogP contribution is -2.30. The van der Waals surface area contributed by atoms with Crippen LogP contribution in [-0.2, 0) is 16.0 Å². The molecule has 6 nitrogen and oxygen atoms in total. The van der Waals surface area contributed by atoms with Crippen molar-refractivity contribution in [1.82, 2.24) is 10.1 Å². The molecular formula is C13H18N2O4. The van der Waals surface area contributed by atoms with E-state index in [1.165, 1.54) is 0 Å². The molecular weight excluding hydrogens is 248 g/mol. The first-order chi connectivity index (χ1) is 9.20. The minimum Gasteiger partial charge on any atom is -0.481 e. The van der Waals surface area contributed by atoms with Gasteiger partial charge in [-0.3, -0.25) is 4.79 Å². The van der Waals surface area contributed by atoms with Crippen LogP contribution in [0.4, 0.5) is 0 Å². The summed E-state index contributed by atoms with van der Waals surface area (Å²) in [5.74, 6) is 0.563. The number of aromatic nitrogens is 2. The molecule has 3 rings (SSSR count). The van der Waals surface area contributed by atoms with Gasteiger partial charge in [-0.25, -0.2) is 0 Å². The Balaban J connectivity index is 1.73. The van der Waals surface area contributed by atoms with Gasteiger partial charge in [0, 0.05) is 18.9 Å². The van der Waals surface area contributed by atoms with Crippen LogP contribution in [0.3, 0.4) is 0 Å². The van der Waals surface area contributed by atoms with Gasteiger partial charge in [-0.1, -0.05) is 18.0 Å². The van der Waals surface area contributed by atoms with E-state index in [-0.39, 0.29) is 5.92 Å². The van der Waals surface area contributed by atoms with E-state index in [0.717, 1.165) is 25.9 Å². The molecule has 2 aliphatic rings. The molecule has 19 heavy (non-hydrogen) atoms. The molecule has 1 N–H and O–H groups in total. The summed E-state index contributed by atoms with van der Waals surface area (Å²) in [7, 11) is 0. The average molecular weight is 266 g/mol. The van der Waals surface area contributed by atoms with Crippen LogP contribution in [0.15, 0.2) is 4.52 Å². The van der Waals surface area contributed by atoms with Crippen molar-refractivity contribution in [2.45, 2.75) is 44.4 Å². The first-order valence-corrected chi connectivity index (χ1v) is 6.83. The Morgan fingerprint density at radius 1 is 1.42 bits per heavy atom. The highest BCUT2D eigenvalue weighted by molar-refractivity contribution is 5.75. The second kappa shape index (κ2) is 4.92. The summed E-state index contributed by atoms with van der Waals surface area (Å²) in [4.78, 5) is 15.8. The second-order valence-electron chi connectivity index (χ2n) is 5.58. The summed E-state index contributed by atoms with van der Waals surface area (Å²) >= 11 is 0. The van der Waals surface area contributed by atoms with Crippen LogP contribution >= 0.6 is 0 Å². The maximum Gasteiger partial charge on any atom is 0.310 e. The Morgan fingerprint density at radius 2 is 2.21 bits per heavy atom. The molecule has 1 saturated heterocycles. The van der Waals surface area contributed by atoms with Gasteiger partial charge in [0.1, 0.15) is 0 Å². The lowest BCUT2D eigenvalue weighted by atomic mass is 9.83. The van der Waals surface area contributed by atoms with Crippen molar-refractivity contribution >= 4 is 5.97 Å². The van der Waals surface area contributed by atoms with Crippen LogP contribution < -0.4 is 0 Å². The van der Waals surface area contributed by atoms with Crippen molar-refractivity contribution in [2.75, 3.05) is 13.2 Å². The molecule has 2 fully saturated rings. The van der Waals surface area contributed by atoms with Gasteiger partial charge in [-0.2, -0.15) is 4.98 Å².